The number of aryl methyl sites for hydroxylation is 1. The lowest BCUT2D eigenvalue weighted by Crippen LogP contribution is -2.03. The van der Waals surface area contributed by atoms with E-state index in [9.17, 15) is 0 Å². The first-order valence-corrected chi connectivity index (χ1v) is 5.60. The lowest BCUT2D eigenvalue weighted by Gasteiger charge is -2.03. The van der Waals surface area contributed by atoms with Crippen LogP contribution in [0.3, 0.4) is 0 Å². The third-order valence-electron chi connectivity index (χ3n) is 3.10. The van der Waals surface area contributed by atoms with E-state index in [0.717, 1.165) is 18.4 Å². The minimum Gasteiger partial charge on any atom is -0.382 e. The normalized spacial score (nSPS) is 21.2. The summed E-state index contributed by atoms with van der Waals surface area (Å²) in [6, 6.07) is 0. The molecule has 0 atom stereocenters. The molecule has 0 bridgehead atoms. The first-order valence-electron chi connectivity index (χ1n) is 5.60. The fourth-order valence-electron chi connectivity index (χ4n) is 1.88. The van der Waals surface area contributed by atoms with Crippen molar-refractivity contribution < 1.29 is 0 Å². The Morgan fingerprint density at radius 1 is 1.43 bits per heavy atom. The smallest absolute Gasteiger partial charge is 0.0886 e. The fraction of sp³-hybridized carbons (Fsp3) is 0.727. The minimum absolute atomic E-state index is 0.748. The van der Waals surface area contributed by atoms with Crippen LogP contribution >= 0.6 is 0 Å². The van der Waals surface area contributed by atoms with Crippen molar-refractivity contribution in [1.29, 1.82) is 0 Å². The number of anilines is 1. The molecule has 0 aliphatic heterocycles. The van der Waals surface area contributed by atoms with Crippen molar-refractivity contribution in [3.63, 3.8) is 0 Å². The Labute approximate surface area is 84.5 Å². The molecular formula is C11H17N3. The third kappa shape index (κ3) is 1.63. The number of nitrogens with zero attached hydrogens (tertiary/aromatic N) is 2. The number of aromatic nitrogens is 2. The van der Waals surface area contributed by atoms with Crippen LogP contribution in [0.25, 0.3) is 0 Å². The van der Waals surface area contributed by atoms with Crippen LogP contribution in [-0.4, -0.2) is 16.3 Å². The zero-order chi connectivity index (χ0) is 9.54. The van der Waals surface area contributed by atoms with Crippen LogP contribution in [0, 0.1) is 5.92 Å². The molecule has 3 rings (SSSR count). The van der Waals surface area contributed by atoms with Gasteiger partial charge in [-0.1, -0.05) is 0 Å². The zero-order valence-electron chi connectivity index (χ0n) is 8.66. The molecule has 1 N–H and O–H groups in total. The van der Waals surface area contributed by atoms with Gasteiger partial charge in [-0.25, -0.2) is 0 Å². The highest BCUT2D eigenvalue weighted by molar-refractivity contribution is 5.49. The van der Waals surface area contributed by atoms with Crippen LogP contribution in [0.4, 0.5) is 5.69 Å². The topological polar surface area (TPSA) is 29.9 Å². The monoisotopic (exact) mass is 191 g/mol. The van der Waals surface area contributed by atoms with Gasteiger partial charge in [0.1, 0.15) is 0 Å². The molecule has 1 heterocycles. The number of rotatable bonds is 4. The second-order valence-corrected chi connectivity index (χ2v) is 4.70. The molecule has 0 unspecified atom stereocenters. The number of hydrogen-bond acceptors (Lipinski definition) is 2. The number of hydrogen-bond donors (Lipinski definition) is 1. The summed E-state index contributed by atoms with van der Waals surface area (Å²) in [6.45, 7) is 1.14. The van der Waals surface area contributed by atoms with E-state index in [1.54, 1.807) is 0 Å². The standard InChI is InChI=1S/C11H17N3/c1-14-7-10(12-6-8-2-3-8)11(13-14)9-4-5-9/h7-9,12H,2-6H2,1H3. The van der Waals surface area contributed by atoms with E-state index >= 15 is 0 Å². The van der Waals surface area contributed by atoms with Crippen molar-refractivity contribution in [3.8, 4) is 0 Å². The Hall–Kier alpha value is -0.990. The second-order valence-electron chi connectivity index (χ2n) is 4.70. The van der Waals surface area contributed by atoms with E-state index in [-0.39, 0.29) is 0 Å². The highest BCUT2D eigenvalue weighted by atomic mass is 15.3. The maximum absolute atomic E-state index is 4.53. The molecule has 3 heteroatoms. The van der Waals surface area contributed by atoms with Gasteiger partial charge in [0.25, 0.3) is 0 Å². The van der Waals surface area contributed by atoms with Gasteiger partial charge in [0.2, 0.25) is 0 Å². The van der Waals surface area contributed by atoms with Crippen molar-refractivity contribution in [2.45, 2.75) is 31.6 Å². The Morgan fingerprint density at radius 3 is 2.86 bits per heavy atom. The van der Waals surface area contributed by atoms with E-state index < -0.39 is 0 Å². The Kier molecular flexibility index (Phi) is 1.79. The maximum atomic E-state index is 4.53. The Balaban J connectivity index is 1.72. The molecule has 1 aromatic heterocycles. The second kappa shape index (κ2) is 3.01. The summed E-state index contributed by atoms with van der Waals surface area (Å²) in [6.07, 6.45) is 7.60. The van der Waals surface area contributed by atoms with E-state index in [1.165, 1.54) is 37.1 Å². The van der Waals surface area contributed by atoms with E-state index in [4.69, 9.17) is 0 Å². The van der Waals surface area contributed by atoms with Crippen molar-refractivity contribution in [2.24, 2.45) is 13.0 Å². The lowest BCUT2D eigenvalue weighted by atomic mass is 10.2. The molecule has 14 heavy (non-hydrogen) atoms. The van der Waals surface area contributed by atoms with Crippen LogP contribution in [0.1, 0.15) is 37.3 Å². The molecular weight excluding hydrogens is 174 g/mol. The van der Waals surface area contributed by atoms with Crippen LogP contribution in [-0.2, 0) is 7.05 Å². The van der Waals surface area contributed by atoms with Crippen LogP contribution in [0.2, 0.25) is 0 Å². The molecule has 0 amide bonds. The quantitative estimate of drug-likeness (QED) is 0.790. The molecule has 1 aromatic rings. The van der Waals surface area contributed by atoms with Gasteiger partial charge in [0.15, 0.2) is 0 Å². The molecule has 0 saturated heterocycles. The van der Waals surface area contributed by atoms with Gasteiger partial charge in [-0.3, -0.25) is 4.68 Å². The average Bonchev–Trinajstić information content (AvgIpc) is 3.03. The third-order valence-corrected chi connectivity index (χ3v) is 3.10. The van der Waals surface area contributed by atoms with Crippen molar-refractivity contribution in [2.75, 3.05) is 11.9 Å². The molecule has 2 aliphatic rings. The van der Waals surface area contributed by atoms with Gasteiger partial charge < -0.3 is 5.32 Å². The Morgan fingerprint density at radius 2 is 2.21 bits per heavy atom. The first kappa shape index (κ1) is 8.33. The molecule has 0 aromatic carbocycles. The zero-order valence-corrected chi connectivity index (χ0v) is 8.66. The minimum atomic E-state index is 0.748. The first-order chi connectivity index (χ1) is 6.83. The molecule has 76 valence electrons. The van der Waals surface area contributed by atoms with E-state index in [2.05, 4.69) is 16.6 Å². The van der Waals surface area contributed by atoms with Crippen LogP contribution < -0.4 is 5.32 Å². The van der Waals surface area contributed by atoms with Crippen molar-refractivity contribution in [3.05, 3.63) is 11.9 Å². The summed E-state index contributed by atoms with van der Waals surface area (Å²) in [5, 5.41) is 8.06. The maximum Gasteiger partial charge on any atom is 0.0886 e. The lowest BCUT2D eigenvalue weighted by molar-refractivity contribution is 0.744. The summed E-state index contributed by atoms with van der Waals surface area (Å²) < 4.78 is 1.93. The number of nitrogens with one attached hydrogen (secondary N) is 1. The highest BCUT2D eigenvalue weighted by Gasteiger charge is 2.29. The van der Waals surface area contributed by atoms with Gasteiger partial charge >= 0.3 is 0 Å². The summed E-state index contributed by atoms with van der Waals surface area (Å²) >= 11 is 0. The SMILES string of the molecule is Cn1cc(NCC2CC2)c(C2CC2)n1. The van der Waals surface area contributed by atoms with Crippen molar-refractivity contribution >= 4 is 5.69 Å². The van der Waals surface area contributed by atoms with Gasteiger partial charge in [-0.2, -0.15) is 5.10 Å². The fourth-order valence-corrected chi connectivity index (χ4v) is 1.88. The Bertz CT molecular complexity index is 334. The summed E-state index contributed by atoms with van der Waals surface area (Å²) in [4.78, 5) is 0. The van der Waals surface area contributed by atoms with Gasteiger partial charge in [0.05, 0.1) is 11.4 Å². The molecule has 2 aliphatic carbocycles. The van der Waals surface area contributed by atoms with Gasteiger partial charge in [-0.15, -0.1) is 0 Å². The predicted octanol–water partition coefficient (Wildman–Crippen LogP) is 2.12. The van der Waals surface area contributed by atoms with Crippen LogP contribution in [0.5, 0.6) is 0 Å². The van der Waals surface area contributed by atoms with Crippen molar-refractivity contribution in [1.82, 2.24) is 9.78 Å². The van der Waals surface area contributed by atoms with Gasteiger partial charge in [-0.05, 0) is 31.6 Å². The van der Waals surface area contributed by atoms with Gasteiger partial charge in [0, 0.05) is 25.7 Å². The van der Waals surface area contributed by atoms with Crippen LogP contribution in [0.15, 0.2) is 6.20 Å². The largest absolute Gasteiger partial charge is 0.382 e. The molecule has 0 spiro atoms. The average molecular weight is 191 g/mol. The molecule has 0 radical (unpaired) electrons. The molecule has 2 fully saturated rings. The summed E-state index contributed by atoms with van der Waals surface area (Å²) in [7, 11) is 2.01. The van der Waals surface area contributed by atoms with E-state index in [1.807, 2.05) is 11.7 Å². The summed E-state index contributed by atoms with van der Waals surface area (Å²) in [5.74, 6) is 1.68. The molecule has 2 saturated carbocycles. The predicted molar refractivity (Wildman–Crippen MR) is 56.4 cm³/mol. The molecule has 3 nitrogen and oxygen atoms in total. The van der Waals surface area contributed by atoms with E-state index in [0.29, 0.717) is 0 Å². The highest BCUT2D eigenvalue weighted by Crippen LogP contribution is 2.42. The summed E-state index contributed by atoms with van der Waals surface area (Å²) in [5.41, 5.74) is 2.58.